The second-order valence-corrected chi connectivity index (χ2v) is 8.02. The average Bonchev–Trinajstić information content (AvgIpc) is 2.80. The Morgan fingerprint density at radius 2 is 1.10 bits per heavy atom. The van der Waals surface area contributed by atoms with Gasteiger partial charge in [0.1, 0.15) is 25.4 Å². The van der Waals surface area contributed by atoms with E-state index in [1.807, 2.05) is 48.5 Å². The monoisotopic (exact) mass is 412 g/mol. The fraction of sp³-hybridized carbons (Fsp3) is 0.500. The summed E-state index contributed by atoms with van der Waals surface area (Å²) < 4.78 is 23.8. The predicted molar refractivity (Wildman–Crippen MR) is 117 cm³/mol. The van der Waals surface area contributed by atoms with Gasteiger partial charge in [0.05, 0.1) is 0 Å². The van der Waals surface area contributed by atoms with Crippen molar-refractivity contribution in [3.63, 3.8) is 0 Å². The highest BCUT2D eigenvalue weighted by Crippen LogP contribution is 2.32. The van der Waals surface area contributed by atoms with Crippen molar-refractivity contribution in [3.05, 3.63) is 48.5 Å². The van der Waals surface area contributed by atoms with Gasteiger partial charge < -0.3 is 29.6 Å². The first-order valence-corrected chi connectivity index (χ1v) is 10.9. The molecule has 0 aliphatic carbocycles. The lowest BCUT2D eigenvalue weighted by Gasteiger charge is -2.31. The number of para-hydroxylation sites is 4. The van der Waals surface area contributed by atoms with Crippen LogP contribution in [0.4, 0.5) is 0 Å². The predicted octanol–water partition coefficient (Wildman–Crippen LogP) is 3.40. The Balaban J connectivity index is 1.10. The van der Waals surface area contributed by atoms with Gasteiger partial charge in [0.15, 0.2) is 23.0 Å². The van der Waals surface area contributed by atoms with Crippen molar-refractivity contribution in [2.45, 2.75) is 51.0 Å². The van der Waals surface area contributed by atoms with Crippen LogP contribution in [0.3, 0.4) is 0 Å². The summed E-state index contributed by atoms with van der Waals surface area (Å²) in [5.41, 5.74) is 0. The molecule has 4 atom stereocenters. The average molecular weight is 413 g/mol. The molecule has 0 saturated carbocycles. The number of nitrogens with one attached hydrogen (secondary N) is 2. The molecule has 4 rings (SSSR count). The van der Waals surface area contributed by atoms with Crippen molar-refractivity contribution in [3.8, 4) is 23.0 Å². The van der Waals surface area contributed by atoms with E-state index in [0.29, 0.717) is 13.2 Å². The maximum atomic E-state index is 6.07. The van der Waals surface area contributed by atoms with Gasteiger partial charge in [-0.05, 0) is 64.0 Å². The Hall–Kier alpha value is -2.44. The lowest BCUT2D eigenvalue weighted by Crippen LogP contribution is -2.47. The standard InChI is InChI=1S/C24H32N2O4/c1-17(23-15-27-19-9-3-5-11-21(19)29-23)25-13-7-8-14-26-18(2)24-16-28-20-10-4-6-12-22(20)30-24/h3-6,9-12,17-18,23-26H,7-8,13-16H2,1-2H3/t17-,18+,23-,24-/m0/s1. The van der Waals surface area contributed by atoms with Gasteiger partial charge in [-0.2, -0.15) is 0 Å². The molecule has 6 heteroatoms. The van der Waals surface area contributed by atoms with Crippen molar-refractivity contribution in [1.82, 2.24) is 10.6 Å². The third kappa shape index (κ3) is 5.18. The minimum absolute atomic E-state index is 0.0318. The Morgan fingerprint density at radius 3 is 1.53 bits per heavy atom. The molecular weight excluding hydrogens is 380 g/mol. The smallest absolute Gasteiger partial charge is 0.161 e. The molecule has 2 N–H and O–H groups in total. The van der Waals surface area contributed by atoms with Crippen LogP contribution in [0.15, 0.2) is 48.5 Å². The maximum Gasteiger partial charge on any atom is 0.161 e. The first kappa shape index (κ1) is 20.8. The highest BCUT2D eigenvalue weighted by molar-refractivity contribution is 5.41. The van der Waals surface area contributed by atoms with Gasteiger partial charge in [0.2, 0.25) is 0 Å². The number of ether oxygens (including phenoxy) is 4. The number of hydrogen-bond donors (Lipinski definition) is 2. The Labute approximate surface area is 178 Å². The van der Waals surface area contributed by atoms with E-state index in [-0.39, 0.29) is 24.3 Å². The van der Waals surface area contributed by atoms with Crippen LogP contribution in [0.2, 0.25) is 0 Å². The molecule has 0 bridgehead atoms. The van der Waals surface area contributed by atoms with Gasteiger partial charge in [-0.1, -0.05) is 24.3 Å². The summed E-state index contributed by atoms with van der Waals surface area (Å²) in [5, 5.41) is 7.14. The highest BCUT2D eigenvalue weighted by atomic mass is 16.6. The fourth-order valence-corrected chi connectivity index (χ4v) is 3.74. The van der Waals surface area contributed by atoms with Crippen LogP contribution >= 0.6 is 0 Å². The van der Waals surface area contributed by atoms with E-state index in [9.17, 15) is 0 Å². The van der Waals surface area contributed by atoms with Crippen LogP contribution < -0.4 is 29.6 Å². The van der Waals surface area contributed by atoms with E-state index in [4.69, 9.17) is 18.9 Å². The molecule has 0 saturated heterocycles. The third-order valence-corrected chi connectivity index (χ3v) is 5.71. The molecule has 0 aromatic heterocycles. The molecular formula is C24H32N2O4. The largest absolute Gasteiger partial charge is 0.486 e. The van der Waals surface area contributed by atoms with Crippen molar-refractivity contribution < 1.29 is 18.9 Å². The van der Waals surface area contributed by atoms with Crippen LogP contribution in [-0.4, -0.2) is 50.6 Å². The van der Waals surface area contributed by atoms with Crippen LogP contribution in [0.1, 0.15) is 26.7 Å². The molecule has 2 aromatic rings. The zero-order valence-corrected chi connectivity index (χ0v) is 17.8. The van der Waals surface area contributed by atoms with Gasteiger partial charge >= 0.3 is 0 Å². The van der Waals surface area contributed by atoms with E-state index in [2.05, 4.69) is 24.5 Å². The second kappa shape index (κ2) is 10.0. The molecule has 2 aliphatic rings. The summed E-state index contributed by atoms with van der Waals surface area (Å²) >= 11 is 0. The molecule has 30 heavy (non-hydrogen) atoms. The second-order valence-electron chi connectivity index (χ2n) is 8.02. The van der Waals surface area contributed by atoms with Crippen molar-refractivity contribution in [2.24, 2.45) is 0 Å². The quantitative estimate of drug-likeness (QED) is 0.616. The molecule has 2 heterocycles. The molecule has 162 valence electrons. The van der Waals surface area contributed by atoms with E-state index < -0.39 is 0 Å². The van der Waals surface area contributed by atoms with Crippen molar-refractivity contribution >= 4 is 0 Å². The maximum absolute atomic E-state index is 6.07. The van der Waals surface area contributed by atoms with E-state index in [0.717, 1.165) is 48.9 Å². The summed E-state index contributed by atoms with van der Waals surface area (Å²) in [7, 11) is 0. The molecule has 6 nitrogen and oxygen atoms in total. The normalized spacial score (nSPS) is 21.7. The van der Waals surface area contributed by atoms with Gasteiger partial charge in [-0.3, -0.25) is 0 Å². The topological polar surface area (TPSA) is 61.0 Å². The summed E-state index contributed by atoms with van der Waals surface area (Å²) in [6.07, 6.45) is 2.26. The number of rotatable bonds is 9. The molecule has 2 aromatic carbocycles. The van der Waals surface area contributed by atoms with Gasteiger partial charge in [0, 0.05) is 12.1 Å². The minimum atomic E-state index is 0.0318. The number of fused-ring (bicyclic) bond motifs is 2. The van der Waals surface area contributed by atoms with Crippen LogP contribution in [-0.2, 0) is 0 Å². The number of benzene rings is 2. The number of hydrogen-bond acceptors (Lipinski definition) is 6. The van der Waals surface area contributed by atoms with Crippen molar-refractivity contribution in [1.29, 1.82) is 0 Å². The fourth-order valence-electron chi connectivity index (χ4n) is 3.74. The summed E-state index contributed by atoms with van der Waals surface area (Å²) in [5.74, 6) is 3.32. The van der Waals surface area contributed by atoms with Gasteiger partial charge in [-0.15, -0.1) is 0 Å². The summed E-state index contributed by atoms with van der Waals surface area (Å²) in [4.78, 5) is 0. The Kier molecular flexibility index (Phi) is 6.97. The Morgan fingerprint density at radius 1 is 0.700 bits per heavy atom. The molecule has 2 aliphatic heterocycles. The summed E-state index contributed by atoms with van der Waals surface area (Å²) in [6, 6.07) is 16.1. The van der Waals surface area contributed by atoms with Crippen molar-refractivity contribution in [2.75, 3.05) is 26.3 Å². The zero-order chi connectivity index (χ0) is 20.8. The Bertz CT molecular complexity index is 748. The van der Waals surface area contributed by atoms with Gasteiger partial charge in [0.25, 0.3) is 0 Å². The lowest BCUT2D eigenvalue weighted by molar-refractivity contribution is 0.0656. The van der Waals surface area contributed by atoms with Crippen LogP contribution in [0.25, 0.3) is 0 Å². The lowest BCUT2D eigenvalue weighted by atomic mass is 10.1. The SMILES string of the molecule is C[C@H](NCCCCN[C@H](C)[C@@H]1COc2ccccc2O1)[C@@H]1COc2ccccc2O1. The minimum Gasteiger partial charge on any atom is -0.486 e. The third-order valence-electron chi connectivity index (χ3n) is 5.71. The van der Waals surface area contributed by atoms with E-state index in [1.165, 1.54) is 0 Å². The first-order valence-electron chi connectivity index (χ1n) is 10.9. The molecule has 0 fully saturated rings. The molecule has 0 unspecified atom stereocenters. The molecule has 0 spiro atoms. The summed E-state index contributed by atoms with van der Waals surface area (Å²) in [6.45, 7) is 7.37. The number of unbranched alkanes of at least 4 members (excludes halogenated alkanes) is 1. The zero-order valence-electron chi connectivity index (χ0n) is 17.8. The van der Waals surface area contributed by atoms with Crippen LogP contribution in [0.5, 0.6) is 23.0 Å². The van der Waals surface area contributed by atoms with Gasteiger partial charge in [-0.25, -0.2) is 0 Å². The molecule has 0 radical (unpaired) electrons. The molecule has 0 amide bonds. The van der Waals surface area contributed by atoms with E-state index in [1.54, 1.807) is 0 Å². The van der Waals surface area contributed by atoms with Crippen LogP contribution in [0, 0.1) is 0 Å². The highest BCUT2D eigenvalue weighted by Gasteiger charge is 2.26. The van der Waals surface area contributed by atoms with E-state index >= 15 is 0 Å². The first-order chi connectivity index (χ1) is 14.7.